The molecule has 15 nitrogen and oxygen atoms in total. The number of urea groups is 1. The molecule has 3 rings (SSSR count). The average Bonchev–Trinajstić information content (AvgIpc) is 3.58. The van der Waals surface area contributed by atoms with E-state index in [-0.39, 0.29) is 71.0 Å². The van der Waals surface area contributed by atoms with Gasteiger partial charge in [-0.25, -0.2) is 18.0 Å². The second-order valence-corrected chi connectivity index (χ2v) is 13.7. The van der Waals surface area contributed by atoms with Crippen molar-refractivity contribution >= 4 is 57.5 Å². The summed E-state index contributed by atoms with van der Waals surface area (Å²) >= 11 is 1.87. The molecule has 0 spiro atoms. The fourth-order valence-corrected chi connectivity index (χ4v) is 7.35. The van der Waals surface area contributed by atoms with E-state index in [1.807, 2.05) is 11.8 Å². The third-order valence-corrected chi connectivity index (χ3v) is 10.0. The summed E-state index contributed by atoms with van der Waals surface area (Å²) in [5.74, 6) is -2.45. The second-order valence-electron chi connectivity index (χ2n) is 10.9. The van der Waals surface area contributed by atoms with E-state index in [0.717, 1.165) is 37.9 Å². The number of hydroxylamine groups is 2. The molecule has 6 amide bonds. The molecule has 3 aliphatic rings. The Hall–Kier alpha value is -1.92. The van der Waals surface area contributed by atoms with Gasteiger partial charge in [0.05, 0.1) is 18.5 Å². The number of hydrogen-bond donors (Lipinski definition) is 4. The van der Waals surface area contributed by atoms with Gasteiger partial charge >= 0.3 is 41.6 Å². The van der Waals surface area contributed by atoms with Gasteiger partial charge in [0.2, 0.25) is 11.8 Å². The van der Waals surface area contributed by atoms with Crippen molar-refractivity contribution in [2.75, 3.05) is 18.8 Å². The molecule has 44 heavy (non-hydrogen) atoms. The third-order valence-electron chi connectivity index (χ3n) is 7.47. The zero-order valence-electron chi connectivity index (χ0n) is 25.0. The van der Waals surface area contributed by atoms with Gasteiger partial charge in [0.25, 0.3) is 11.8 Å². The summed E-state index contributed by atoms with van der Waals surface area (Å²) < 4.78 is 33.0. The standard InChI is InChI=1S/C26H41N5O10S2.Na/c32-20(27-14-8-2-4-12-23(35)41-31-22(34)15-19(25(31)36)43(38,39)40)10-3-1-7-13-28-21(33)11-6-5-9-18-24-17(16-42-18)29-26(37)30-24;/h17-19,24H,1-16H2,(H,27,32)(H,28,33)(H2,29,30,37)(H,38,39,40);/q;+1/p-1. The number of thioether (sulfide) groups is 1. The van der Waals surface area contributed by atoms with Crippen molar-refractivity contribution in [2.24, 2.45) is 0 Å². The summed E-state index contributed by atoms with van der Waals surface area (Å²) in [4.78, 5) is 75.5. The summed E-state index contributed by atoms with van der Waals surface area (Å²) in [6.45, 7) is 0.990. The summed E-state index contributed by atoms with van der Waals surface area (Å²) in [7, 11) is -5.02. The van der Waals surface area contributed by atoms with Crippen molar-refractivity contribution in [3.05, 3.63) is 0 Å². The molecular formula is C26H40N5NaO10S2. The first-order chi connectivity index (χ1) is 20.5. The monoisotopic (exact) mass is 669 g/mol. The Balaban J connectivity index is 0.00000675. The Labute approximate surface area is 283 Å². The molecule has 0 aromatic heterocycles. The smallest absolute Gasteiger partial charge is 0.747 e. The number of fused-ring (bicyclic) bond motifs is 1. The van der Waals surface area contributed by atoms with Gasteiger partial charge in [0, 0.05) is 43.4 Å². The second kappa shape index (κ2) is 18.9. The molecule has 0 aromatic carbocycles. The number of carbonyl (C=O) groups is 6. The maximum absolute atomic E-state index is 12.1. The van der Waals surface area contributed by atoms with Gasteiger partial charge in [-0.05, 0) is 38.5 Å². The van der Waals surface area contributed by atoms with E-state index in [1.165, 1.54) is 0 Å². The van der Waals surface area contributed by atoms with Crippen molar-refractivity contribution in [2.45, 2.75) is 106 Å². The van der Waals surface area contributed by atoms with Crippen molar-refractivity contribution < 1.29 is 76.1 Å². The molecule has 18 heteroatoms. The van der Waals surface area contributed by atoms with Crippen LogP contribution in [0.25, 0.3) is 0 Å². The zero-order chi connectivity index (χ0) is 31.4. The Kier molecular flexibility index (Phi) is 16.4. The SMILES string of the molecule is O=C(CCCCCNC(=O)CCCCC1SCC2NC(=O)NC21)NCCCCCC(=O)ON1C(=O)CC(S(=O)(=O)[O-])C1=O.[Na+]. The minimum absolute atomic E-state index is 0. The Morgan fingerprint density at radius 1 is 0.886 bits per heavy atom. The van der Waals surface area contributed by atoms with E-state index in [1.54, 1.807) is 0 Å². The minimum Gasteiger partial charge on any atom is -0.747 e. The van der Waals surface area contributed by atoms with Crippen molar-refractivity contribution in [1.82, 2.24) is 26.3 Å². The van der Waals surface area contributed by atoms with Gasteiger partial charge in [0.1, 0.15) is 15.4 Å². The summed E-state index contributed by atoms with van der Waals surface area (Å²) in [6, 6.07) is 0.319. The van der Waals surface area contributed by atoms with Crippen LogP contribution in [0.3, 0.4) is 0 Å². The number of imide groups is 1. The van der Waals surface area contributed by atoms with E-state index in [9.17, 15) is 41.7 Å². The van der Waals surface area contributed by atoms with Gasteiger partial charge in [-0.15, -0.1) is 5.06 Å². The Bertz CT molecular complexity index is 1160. The normalized spacial score (nSPS) is 22.6. The maximum atomic E-state index is 12.1. The van der Waals surface area contributed by atoms with Crippen LogP contribution in [0.1, 0.15) is 83.5 Å². The van der Waals surface area contributed by atoms with Crippen LogP contribution in [0.15, 0.2) is 0 Å². The summed E-state index contributed by atoms with van der Waals surface area (Å²) in [5, 5.41) is 9.99. The number of nitrogens with zero attached hydrogens (tertiary/aromatic N) is 1. The molecule has 4 atom stereocenters. The average molecular weight is 670 g/mol. The molecule has 0 aliphatic carbocycles. The summed E-state index contributed by atoms with van der Waals surface area (Å²) in [6.07, 6.45) is 6.40. The molecule has 4 N–H and O–H groups in total. The molecule has 3 heterocycles. The number of carbonyl (C=O) groups excluding carboxylic acids is 6. The van der Waals surface area contributed by atoms with Crippen LogP contribution in [0.2, 0.25) is 0 Å². The number of unbranched alkanes of at least 4 members (excludes halogenated alkanes) is 5. The first-order valence-electron chi connectivity index (χ1n) is 14.7. The molecule has 3 fully saturated rings. The predicted molar refractivity (Wildman–Crippen MR) is 153 cm³/mol. The van der Waals surface area contributed by atoms with Crippen LogP contribution in [0.4, 0.5) is 4.79 Å². The fourth-order valence-electron chi connectivity index (χ4n) is 5.12. The van der Waals surface area contributed by atoms with E-state index in [0.29, 0.717) is 56.9 Å². The van der Waals surface area contributed by atoms with Crippen molar-refractivity contribution in [3.63, 3.8) is 0 Å². The third kappa shape index (κ3) is 12.5. The molecule has 0 radical (unpaired) electrons. The number of hydrogen-bond acceptors (Lipinski definition) is 11. The molecule has 3 aliphatic heterocycles. The van der Waals surface area contributed by atoms with Crippen LogP contribution in [-0.2, 0) is 38.9 Å². The maximum Gasteiger partial charge on any atom is 1.00 e. The molecular weight excluding hydrogens is 629 g/mol. The first kappa shape index (κ1) is 38.3. The van der Waals surface area contributed by atoms with Crippen LogP contribution in [0, 0.1) is 0 Å². The van der Waals surface area contributed by atoms with Gasteiger partial charge in [-0.3, -0.25) is 19.2 Å². The molecule has 242 valence electrons. The Morgan fingerprint density at radius 3 is 2.07 bits per heavy atom. The molecule has 3 saturated heterocycles. The van der Waals surface area contributed by atoms with Gasteiger partial charge < -0.3 is 30.7 Å². The van der Waals surface area contributed by atoms with Gasteiger partial charge in [0.15, 0.2) is 0 Å². The molecule has 0 saturated carbocycles. The minimum atomic E-state index is -5.02. The Morgan fingerprint density at radius 2 is 1.48 bits per heavy atom. The zero-order valence-corrected chi connectivity index (χ0v) is 28.6. The predicted octanol–water partition coefficient (Wildman–Crippen LogP) is -2.80. The van der Waals surface area contributed by atoms with E-state index < -0.39 is 39.6 Å². The number of nitrogens with one attached hydrogen (secondary N) is 4. The van der Waals surface area contributed by atoms with Crippen molar-refractivity contribution in [1.29, 1.82) is 0 Å². The number of amides is 6. The first-order valence-corrected chi connectivity index (χ1v) is 17.2. The largest absolute Gasteiger partial charge is 1.00 e. The molecule has 4 unspecified atom stereocenters. The summed E-state index contributed by atoms with van der Waals surface area (Å²) in [5.41, 5.74) is 0. The van der Waals surface area contributed by atoms with Crippen LogP contribution in [0.5, 0.6) is 0 Å². The molecule has 0 bridgehead atoms. The van der Waals surface area contributed by atoms with Crippen LogP contribution < -0.4 is 50.8 Å². The number of rotatable bonds is 19. The van der Waals surface area contributed by atoms with Gasteiger partial charge in [-0.1, -0.05) is 19.3 Å². The van der Waals surface area contributed by atoms with E-state index >= 15 is 0 Å². The fraction of sp³-hybridized carbons (Fsp3) is 0.769. The van der Waals surface area contributed by atoms with Crippen molar-refractivity contribution in [3.8, 4) is 0 Å². The van der Waals surface area contributed by atoms with Crippen LogP contribution in [-0.4, -0.2) is 95.1 Å². The van der Waals surface area contributed by atoms with E-state index in [2.05, 4.69) is 26.1 Å². The molecule has 0 aromatic rings. The van der Waals surface area contributed by atoms with Crippen LogP contribution >= 0.6 is 11.8 Å². The quantitative estimate of drug-likeness (QED) is 0.0362. The topological polar surface area (TPSA) is 220 Å². The van der Waals surface area contributed by atoms with Gasteiger partial charge in [-0.2, -0.15) is 11.8 Å². The van der Waals surface area contributed by atoms with E-state index in [4.69, 9.17) is 0 Å².